The normalized spacial score (nSPS) is 40.9. The van der Waals surface area contributed by atoms with Gasteiger partial charge in [-0.05, 0) is 67.9 Å². The standard InChI is InChI=1S/C24H25ClN2O3/c25-18-3-1-2-4-19(18)26-22(28)12-5-7-13(8-6-12)27-23(29)20-14-9-10-15(17-11-16(14)17)21(20)24(27)30/h1-4,9-10,12-17,20-21H,5-8,11H2,(H,26,28)/t12?,13?,14-,15-,16-,17-,20+,21+/m0/s1. The molecule has 0 aromatic heterocycles. The Morgan fingerprint density at radius 3 is 2.13 bits per heavy atom. The quantitative estimate of drug-likeness (QED) is 0.591. The molecule has 6 heteroatoms. The highest BCUT2D eigenvalue weighted by Gasteiger charge is 2.67. The third kappa shape index (κ3) is 2.64. The lowest BCUT2D eigenvalue weighted by Crippen LogP contribution is -2.44. The van der Waals surface area contributed by atoms with Gasteiger partial charge in [0, 0.05) is 12.0 Å². The molecule has 7 rings (SSSR count). The smallest absolute Gasteiger partial charge is 0.233 e. The minimum atomic E-state index is -0.127. The number of nitrogens with zero attached hydrogens (tertiary/aromatic N) is 1. The van der Waals surface area contributed by atoms with Crippen molar-refractivity contribution < 1.29 is 14.4 Å². The third-order valence-electron chi connectivity index (χ3n) is 8.26. The Morgan fingerprint density at radius 1 is 0.933 bits per heavy atom. The topological polar surface area (TPSA) is 66.5 Å². The maximum Gasteiger partial charge on any atom is 0.233 e. The van der Waals surface area contributed by atoms with E-state index in [9.17, 15) is 14.4 Å². The summed E-state index contributed by atoms with van der Waals surface area (Å²) in [6.07, 6.45) is 8.38. The average Bonchev–Trinajstić information content (AvgIpc) is 3.53. The molecule has 1 aromatic carbocycles. The number of halogens is 1. The van der Waals surface area contributed by atoms with Crippen LogP contribution < -0.4 is 5.32 Å². The Balaban J connectivity index is 1.12. The van der Waals surface area contributed by atoms with Gasteiger partial charge in [0.05, 0.1) is 22.5 Å². The predicted molar refractivity (Wildman–Crippen MR) is 112 cm³/mol. The van der Waals surface area contributed by atoms with Crippen molar-refractivity contribution in [2.24, 2.45) is 41.4 Å². The fraction of sp³-hybridized carbons (Fsp3) is 0.542. The van der Waals surface area contributed by atoms with E-state index >= 15 is 0 Å². The van der Waals surface area contributed by atoms with E-state index < -0.39 is 0 Å². The maximum atomic E-state index is 13.3. The van der Waals surface area contributed by atoms with E-state index in [4.69, 9.17) is 11.6 Å². The van der Waals surface area contributed by atoms with Crippen LogP contribution >= 0.6 is 11.6 Å². The molecule has 0 spiro atoms. The van der Waals surface area contributed by atoms with E-state index in [1.165, 1.54) is 6.42 Å². The van der Waals surface area contributed by atoms with Gasteiger partial charge in [0.15, 0.2) is 0 Å². The number of carbonyl (C=O) groups is 3. The molecule has 5 nitrogen and oxygen atoms in total. The summed E-state index contributed by atoms with van der Waals surface area (Å²) in [7, 11) is 0. The van der Waals surface area contributed by atoms with E-state index in [0.717, 1.165) is 0 Å². The zero-order valence-electron chi connectivity index (χ0n) is 16.7. The Kier molecular flexibility index (Phi) is 4.14. The highest BCUT2D eigenvalue weighted by Crippen LogP contribution is 2.65. The number of imide groups is 1. The van der Waals surface area contributed by atoms with Crippen molar-refractivity contribution in [3.63, 3.8) is 0 Å². The van der Waals surface area contributed by atoms with Gasteiger partial charge in [-0.1, -0.05) is 35.9 Å². The SMILES string of the molecule is O=C(Nc1ccccc1Cl)C1CCC(N2C(=O)[C@@H]3[C@H]4C=C[C@@H]([C@@H]5C[C@@H]45)[C@H]3C2=O)CC1. The first-order chi connectivity index (χ1) is 14.5. The van der Waals surface area contributed by atoms with E-state index in [0.29, 0.717) is 48.2 Å². The number of carbonyl (C=O) groups excluding carboxylic acids is 3. The number of para-hydroxylation sites is 1. The summed E-state index contributed by atoms with van der Waals surface area (Å²) in [4.78, 5) is 40.8. The molecule has 0 unspecified atom stereocenters. The van der Waals surface area contributed by atoms with E-state index in [1.807, 2.05) is 12.1 Å². The molecule has 3 saturated carbocycles. The van der Waals surface area contributed by atoms with Gasteiger partial charge in [-0.25, -0.2) is 0 Å². The monoisotopic (exact) mass is 424 g/mol. The van der Waals surface area contributed by atoms with Gasteiger partial charge < -0.3 is 5.32 Å². The van der Waals surface area contributed by atoms with E-state index in [-0.39, 0.29) is 53.4 Å². The van der Waals surface area contributed by atoms with Crippen LogP contribution in [0.5, 0.6) is 0 Å². The summed E-state index contributed by atoms with van der Waals surface area (Å²) in [5, 5.41) is 3.45. The number of hydrogen-bond donors (Lipinski definition) is 1. The second-order valence-electron chi connectivity index (χ2n) is 9.68. The molecule has 0 radical (unpaired) electrons. The van der Waals surface area contributed by atoms with E-state index in [2.05, 4.69) is 17.5 Å². The molecule has 3 amide bonds. The van der Waals surface area contributed by atoms with Crippen LogP contribution in [0, 0.1) is 41.4 Å². The molecule has 1 saturated heterocycles. The molecule has 6 aliphatic rings. The van der Waals surface area contributed by atoms with Crippen LogP contribution in [0.2, 0.25) is 5.02 Å². The largest absolute Gasteiger partial charge is 0.325 e. The molecule has 5 aliphatic carbocycles. The minimum absolute atomic E-state index is 0.0309. The van der Waals surface area contributed by atoms with Gasteiger partial charge in [0.2, 0.25) is 17.7 Å². The van der Waals surface area contributed by atoms with Crippen molar-refractivity contribution in [3.8, 4) is 0 Å². The molecule has 6 atom stereocenters. The van der Waals surface area contributed by atoms with Crippen LogP contribution in [-0.2, 0) is 14.4 Å². The summed E-state index contributed by atoms with van der Waals surface area (Å²) in [6, 6.07) is 7.16. The molecule has 156 valence electrons. The Hall–Kier alpha value is -2.14. The summed E-state index contributed by atoms with van der Waals surface area (Å²) in [5.41, 5.74) is 0.627. The lowest BCUT2D eigenvalue weighted by molar-refractivity contribution is -0.144. The van der Waals surface area contributed by atoms with Gasteiger partial charge in [-0.15, -0.1) is 0 Å². The van der Waals surface area contributed by atoms with Gasteiger partial charge in [0.1, 0.15) is 0 Å². The molecule has 4 fully saturated rings. The van der Waals surface area contributed by atoms with Crippen LogP contribution in [-0.4, -0.2) is 28.7 Å². The van der Waals surface area contributed by atoms with Crippen LogP contribution in [0.25, 0.3) is 0 Å². The number of benzene rings is 1. The number of anilines is 1. The zero-order chi connectivity index (χ0) is 20.6. The lowest BCUT2D eigenvalue weighted by atomic mass is 9.63. The Morgan fingerprint density at radius 2 is 1.53 bits per heavy atom. The summed E-state index contributed by atoms with van der Waals surface area (Å²) >= 11 is 6.15. The average molecular weight is 425 g/mol. The molecule has 30 heavy (non-hydrogen) atoms. The van der Waals surface area contributed by atoms with Gasteiger partial charge in [-0.2, -0.15) is 0 Å². The van der Waals surface area contributed by atoms with Crippen molar-refractivity contribution >= 4 is 35.0 Å². The second kappa shape index (κ2) is 6.68. The van der Waals surface area contributed by atoms with Gasteiger partial charge in [-0.3, -0.25) is 19.3 Å². The number of allylic oxidation sites excluding steroid dienone is 2. The van der Waals surface area contributed by atoms with Crippen LogP contribution in [0.1, 0.15) is 32.1 Å². The minimum Gasteiger partial charge on any atom is -0.325 e. The molecular weight excluding hydrogens is 400 g/mol. The highest BCUT2D eigenvalue weighted by molar-refractivity contribution is 6.33. The third-order valence-corrected chi connectivity index (χ3v) is 8.59. The molecule has 1 aliphatic heterocycles. The van der Waals surface area contributed by atoms with E-state index in [1.54, 1.807) is 17.0 Å². The first kappa shape index (κ1) is 18.6. The zero-order valence-corrected chi connectivity index (χ0v) is 17.4. The number of amides is 3. The fourth-order valence-electron chi connectivity index (χ4n) is 6.73. The molecule has 2 bridgehead atoms. The number of rotatable bonds is 3. The Bertz CT molecular complexity index is 931. The number of likely N-dealkylation sites (tertiary alicyclic amines) is 1. The summed E-state index contributed by atoms with van der Waals surface area (Å²) < 4.78 is 0. The van der Waals surface area contributed by atoms with Crippen LogP contribution in [0.15, 0.2) is 36.4 Å². The summed E-state index contributed by atoms with van der Waals surface area (Å²) in [6.45, 7) is 0. The maximum absolute atomic E-state index is 13.3. The van der Waals surface area contributed by atoms with Crippen molar-refractivity contribution in [1.29, 1.82) is 0 Å². The molecular formula is C24H25ClN2O3. The first-order valence-corrected chi connectivity index (χ1v) is 11.5. The lowest BCUT2D eigenvalue weighted by Gasteiger charge is -2.37. The fourth-order valence-corrected chi connectivity index (χ4v) is 6.92. The van der Waals surface area contributed by atoms with Crippen molar-refractivity contribution in [2.45, 2.75) is 38.1 Å². The van der Waals surface area contributed by atoms with Gasteiger partial charge in [0.25, 0.3) is 0 Å². The predicted octanol–water partition coefficient (Wildman–Crippen LogP) is 3.89. The molecule has 1 N–H and O–H groups in total. The van der Waals surface area contributed by atoms with Crippen molar-refractivity contribution in [1.82, 2.24) is 4.90 Å². The van der Waals surface area contributed by atoms with Crippen molar-refractivity contribution in [2.75, 3.05) is 5.32 Å². The Labute approximate surface area is 180 Å². The summed E-state index contributed by atoms with van der Waals surface area (Å²) in [5.74, 6) is 1.50. The molecule has 1 aromatic rings. The number of nitrogens with one attached hydrogen (secondary N) is 1. The molecule has 1 heterocycles. The number of hydrogen-bond acceptors (Lipinski definition) is 3. The first-order valence-electron chi connectivity index (χ1n) is 11.1. The van der Waals surface area contributed by atoms with Crippen LogP contribution in [0.3, 0.4) is 0 Å². The van der Waals surface area contributed by atoms with Crippen LogP contribution in [0.4, 0.5) is 5.69 Å². The highest BCUT2D eigenvalue weighted by atomic mass is 35.5. The second-order valence-corrected chi connectivity index (χ2v) is 10.1. The van der Waals surface area contributed by atoms with Gasteiger partial charge >= 0.3 is 0 Å². The van der Waals surface area contributed by atoms with Crippen molar-refractivity contribution in [3.05, 3.63) is 41.4 Å².